The number of pyridine rings is 1. The molecule has 0 amide bonds. The highest BCUT2D eigenvalue weighted by molar-refractivity contribution is 6.06. The van der Waals surface area contributed by atoms with Gasteiger partial charge in [-0.15, -0.1) is 0 Å². The molecule has 0 aliphatic carbocycles. The Kier molecular flexibility index (Phi) is 6.08. The summed E-state index contributed by atoms with van der Waals surface area (Å²) in [5, 5.41) is 10.2. The summed E-state index contributed by atoms with van der Waals surface area (Å²) in [4.78, 5) is 9.08. The number of rotatable bonds is 5. The van der Waals surface area contributed by atoms with E-state index in [9.17, 15) is 0 Å². The molecule has 24 heavy (non-hydrogen) atoms. The summed E-state index contributed by atoms with van der Waals surface area (Å²) in [7, 11) is 1.98. The van der Waals surface area contributed by atoms with E-state index in [2.05, 4.69) is 31.7 Å². The maximum absolute atomic E-state index is 6.08. The Morgan fingerprint density at radius 2 is 1.96 bits per heavy atom. The predicted octanol–water partition coefficient (Wildman–Crippen LogP) is 2.03. The molecule has 0 saturated carbocycles. The van der Waals surface area contributed by atoms with E-state index < -0.39 is 0 Å². The van der Waals surface area contributed by atoms with E-state index in [-0.39, 0.29) is 0 Å². The Hall–Kier alpha value is -2.67. The number of nitrogens with zero attached hydrogens (tertiary/aromatic N) is 3. The molecule has 2 heterocycles. The van der Waals surface area contributed by atoms with Gasteiger partial charge in [-0.25, -0.2) is 9.97 Å². The van der Waals surface area contributed by atoms with Crippen molar-refractivity contribution in [1.82, 2.24) is 19.9 Å². The summed E-state index contributed by atoms with van der Waals surface area (Å²) < 4.78 is 2.27. The fraction of sp³-hybridized carbons (Fsp3) is 0.353. The van der Waals surface area contributed by atoms with Gasteiger partial charge in [-0.3, -0.25) is 5.41 Å². The Labute approximate surface area is 141 Å². The van der Waals surface area contributed by atoms with Gasteiger partial charge >= 0.3 is 0 Å². The molecule has 7 nitrogen and oxygen atoms in total. The van der Waals surface area contributed by atoms with Crippen molar-refractivity contribution in [2.75, 3.05) is 19.3 Å². The third-order valence-electron chi connectivity index (χ3n) is 3.86. The van der Waals surface area contributed by atoms with E-state index in [1.54, 1.807) is 0 Å². The average molecular weight is 327 g/mol. The highest BCUT2D eigenvalue weighted by Gasteiger charge is 2.14. The lowest BCUT2D eigenvalue weighted by molar-refractivity contribution is 0.591. The van der Waals surface area contributed by atoms with Gasteiger partial charge in [-0.05, 0) is 39.4 Å². The number of para-hydroxylation sites is 1. The topological polar surface area (TPSA) is 119 Å². The molecular weight excluding hydrogens is 302 g/mol. The molecule has 1 aromatic carbocycles. The lowest BCUT2D eigenvalue weighted by Gasteiger charge is -2.09. The number of aryl methyl sites for hydroxylation is 2. The standard InChI is InChI=1S/C16H21N5.CH4N2/c1-11-19-14-15(21(11)10-6-5-9-18-2)12-7-3-4-8-13(12)20-16(14)17;2-1-3/h3-4,7-8,18H,5-6,9-10H2,1-2H3,(H2,17,20);1H,(H3,2,3). The molecule has 128 valence electrons. The van der Waals surface area contributed by atoms with Gasteiger partial charge in [0.1, 0.15) is 11.3 Å². The van der Waals surface area contributed by atoms with E-state index in [1.165, 1.54) is 0 Å². The minimum atomic E-state index is 0.515. The molecule has 0 unspecified atom stereocenters. The second-order valence-electron chi connectivity index (χ2n) is 5.50. The molecule has 7 heteroatoms. The highest BCUT2D eigenvalue weighted by atomic mass is 15.1. The average Bonchev–Trinajstić information content (AvgIpc) is 2.90. The first-order chi connectivity index (χ1) is 11.6. The number of nitrogens with one attached hydrogen (secondary N) is 2. The van der Waals surface area contributed by atoms with Crippen molar-refractivity contribution >= 4 is 34.1 Å². The Balaban J connectivity index is 0.000000647. The molecule has 3 aromatic rings. The van der Waals surface area contributed by atoms with Crippen molar-refractivity contribution in [1.29, 1.82) is 5.41 Å². The minimum absolute atomic E-state index is 0.515. The predicted molar refractivity (Wildman–Crippen MR) is 100 cm³/mol. The molecule has 2 aromatic heterocycles. The minimum Gasteiger partial charge on any atom is -0.390 e. The number of anilines is 1. The van der Waals surface area contributed by atoms with Crippen LogP contribution in [0.5, 0.6) is 0 Å². The zero-order valence-corrected chi connectivity index (χ0v) is 14.2. The molecular formula is C17H25N7. The number of aromatic nitrogens is 3. The second kappa shape index (κ2) is 8.26. The van der Waals surface area contributed by atoms with Gasteiger partial charge in [0.2, 0.25) is 0 Å². The third-order valence-corrected chi connectivity index (χ3v) is 3.86. The first-order valence-corrected chi connectivity index (χ1v) is 8.00. The van der Waals surface area contributed by atoms with Crippen molar-refractivity contribution in [3.05, 3.63) is 30.1 Å². The van der Waals surface area contributed by atoms with Crippen LogP contribution in [-0.4, -0.2) is 34.5 Å². The number of hydrogen-bond acceptors (Lipinski definition) is 5. The van der Waals surface area contributed by atoms with Crippen molar-refractivity contribution in [3.63, 3.8) is 0 Å². The molecule has 0 bridgehead atoms. The summed E-state index contributed by atoms with van der Waals surface area (Å²) in [6.45, 7) is 4.03. The van der Waals surface area contributed by atoms with Crippen LogP contribution < -0.4 is 16.8 Å². The van der Waals surface area contributed by atoms with E-state index in [4.69, 9.17) is 11.1 Å². The van der Waals surface area contributed by atoms with E-state index in [0.29, 0.717) is 5.82 Å². The number of nitrogens with two attached hydrogens (primary N) is 2. The molecule has 0 saturated heterocycles. The monoisotopic (exact) mass is 327 g/mol. The van der Waals surface area contributed by atoms with Crippen LogP contribution in [0.2, 0.25) is 0 Å². The first kappa shape index (κ1) is 17.7. The van der Waals surface area contributed by atoms with Gasteiger partial charge in [0.05, 0.1) is 17.4 Å². The third kappa shape index (κ3) is 3.62. The normalized spacial score (nSPS) is 10.6. The van der Waals surface area contributed by atoms with Gasteiger partial charge in [0.15, 0.2) is 5.82 Å². The summed E-state index contributed by atoms with van der Waals surface area (Å²) >= 11 is 0. The Morgan fingerprint density at radius 3 is 2.67 bits per heavy atom. The van der Waals surface area contributed by atoms with Crippen LogP contribution in [0.4, 0.5) is 5.82 Å². The van der Waals surface area contributed by atoms with Gasteiger partial charge in [0.25, 0.3) is 0 Å². The first-order valence-electron chi connectivity index (χ1n) is 8.00. The van der Waals surface area contributed by atoms with Crippen molar-refractivity contribution in [2.45, 2.75) is 26.3 Å². The van der Waals surface area contributed by atoms with Crippen molar-refractivity contribution < 1.29 is 0 Å². The number of fused-ring (bicyclic) bond motifs is 3. The lowest BCUT2D eigenvalue weighted by Crippen LogP contribution is -2.09. The summed E-state index contributed by atoms with van der Waals surface area (Å²) in [5.41, 5.74) is 13.3. The van der Waals surface area contributed by atoms with Gasteiger partial charge in [-0.1, -0.05) is 18.2 Å². The van der Waals surface area contributed by atoms with Crippen LogP contribution in [0.25, 0.3) is 21.9 Å². The van der Waals surface area contributed by atoms with Crippen LogP contribution in [0.3, 0.4) is 0 Å². The molecule has 0 fully saturated rings. The number of unbranched alkanes of at least 4 members (excludes halogenated alkanes) is 1. The Bertz CT molecular complexity index is 823. The fourth-order valence-corrected chi connectivity index (χ4v) is 2.82. The molecule has 6 N–H and O–H groups in total. The number of nitrogen functional groups attached to an aromatic ring is 1. The number of imidazole rings is 1. The maximum atomic E-state index is 6.08. The highest BCUT2D eigenvalue weighted by Crippen LogP contribution is 2.28. The number of hydrogen-bond donors (Lipinski definition) is 4. The maximum Gasteiger partial charge on any atom is 0.152 e. The van der Waals surface area contributed by atoms with Crippen LogP contribution in [0, 0.1) is 12.3 Å². The quantitative estimate of drug-likeness (QED) is 0.325. The van der Waals surface area contributed by atoms with Crippen LogP contribution in [0.15, 0.2) is 24.3 Å². The molecule has 0 radical (unpaired) electrons. The largest absolute Gasteiger partial charge is 0.390 e. The van der Waals surface area contributed by atoms with Crippen molar-refractivity contribution in [3.8, 4) is 0 Å². The zero-order valence-electron chi connectivity index (χ0n) is 14.2. The Morgan fingerprint density at radius 1 is 1.25 bits per heavy atom. The summed E-state index contributed by atoms with van der Waals surface area (Å²) in [5.74, 6) is 1.51. The van der Waals surface area contributed by atoms with Gasteiger partial charge in [0, 0.05) is 11.9 Å². The zero-order chi connectivity index (χ0) is 17.5. The molecule has 0 aliphatic rings. The van der Waals surface area contributed by atoms with E-state index in [0.717, 1.165) is 60.0 Å². The van der Waals surface area contributed by atoms with Crippen LogP contribution in [-0.2, 0) is 6.54 Å². The van der Waals surface area contributed by atoms with E-state index in [1.807, 2.05) is 32.2 Å². The smallest absolute Gasteiger partial charge is 0.152 e. The molecule has 0 atom stereocenters. The summed E-state index contributed by atoms with van der Waals surface area (Å²) in [6.07, 6.45) is 3.01. The van der Waals surface area contributed by atoms with Gasteiger partial charge < -0.3 is 21.4 Å². The second-order valence-corrected chi connectivity index (χ2v) is 5.50. The number of benzene rings is 1. The SMILES string of the molecule is CNCCCCn1c(C)nc2c(N)nc3ccccc3c21.N=CN. The fourth-order valence-electron chi connectivity index (χ4n) is 2.82. The van der Waals surface area contributed by atoms with Crippen molar-refractivity contribution in [2.24, 2.45) is 5.73 Å². The summed E-state index contributed by atoms with van der Waals surface area (Å²) in [6, 6.07) is 8.11. The van der Waals surface area contributed by atoms with Gasteiger partial charge in [-0.2, -0.15) is 0 Å². The molecule has 0 spiro atoms. The lowest BCUT2D eigenvalue weighted by atomic mass is 10.2. The molecule has 0 aliphatic heterocycles. The molecule has 3 rings (SSSR count). The van der Waals surface area contributed by atoms with E-state index >= 15 is 0 Å². The van der Waals surface area contributed by atoms with Crippen LogP contribution >= 0.6 is 0 Å². The van der Waals surface area contributed by atoms with Crippen LogP contribution in [0.1, 0.15) is 18.7 Å².